The number of imidazole rings is 1. The van der Waals surface area contributed by atoms with E-state index >= 15 is 0 Å². The van der Waals surface area contributed by atoms with Gasteiger partial charge in [-0.15, -0.1) is 0 Å². The van der Waals surface area contributed by atoms with Crippen LogP contribution in [-0.4, -0.2) is 9.97 Å². The van der Waals surface area contributed by atoms with E-state index in [1.807, 2.05) is 6.20 Å². The lowest BCUT2D eigenvalue weighted by Gasteiger charge is -2.28. The topological polar surface area (TPSA) is 31.9 Å². The summed E-state index contributed by atoms with van der Waals surface area (Å²) in [5.74, 6) is 0.891. The third kappa shape index (κ3) is 1.40. The van der Waals surface area contributed by atoms with Crippen LogP contribution in [0.4, 0.5) is 11.6 Å². The molecule has 3 rings (SSSR count). The van der Waals surface area contributed by atoms with Crippen molar-refractivity contribution in [2.75, 3.05) is 4.90 Å². The number of aryl methyl sites for hydroxylation is 1. The molecule has 1 aromatic heterocycles. The smallest absolute Gasteiger partial charge is 0.207 e. The standard InChI is InChI=1S/C12H12N3/c1-2-6-11-10(4-1)5-3-9-15(11)12-13-7-8-14-12/h1-2,4,6-9H,3,5H2,(H,13,14). The molecule has 1 aromatic carbocycles. The molecular weight excluding hydrogens is 186 g/mol. The highest BCUT2D eigenvalue weighted by Crippen LogP contribution is 2.32. The van der Waals surface area contributed by atoms with Crippen molar-refractivity contribution in [1.29, 1.82) is 0 Å². The Balaban J connectivity index is 2.06. The van der Waals surface area contributed by atoms with Crippen molar-refractivity contribution in [3.8, 4) is 0 Å². The number of nitrogens with one attached hydrogen (secondary N) is 1. The van der Waals surface area contributed by atoms with Gasteiger partial charge in [-0.1, -0.05) is 18.2 Å². The van der Waals surface area contributed by atoms with Gasteiger partial charge in [0, 0.05) is 18.1 Å². The molecule has 75 valence electrons. The van der Waals surface area contributed by atoms with E-state index in [9.17, 15) is 0 Å². The molecule has 1 radical (unpaired) electrons. The SMILES string of the molecule is [CH]1CCc2ccccc2N1c1ncc[nH]1. The molecule has 0 saturated heterocycles. The fraction of sp³-hybridized carbons (Fsp3) is 0.167. The van der Waals surface area contributed by atoms with E-state index in [2.05, 4.69) is 45.7 Å². The lowest BCUT2D eigenvalue weighted by atomic mass is 10.0. The number of fused-ring (bicyclic) bond motifs is 1. The number of aromatic nitrogens is 2. The third-order valence-electron chi connectivity index (χ3n) is 2.69. The van der Waals surface area contributed by atoms with Crippen LogP contribution in [0.5, 0.6) is 0 Å². The van der Waals surface area contributed by atoms with E-state index in [0.29, 0.717) is 0 Å². The Labute approximate surface area is 88.8 Å². The van der Waals surface area contributed by atoms with E-state index in [0.717, 1.165) is 18.8 Å². The number of aromatic amines is 1. The highest BCUT2D eigenvalue weighted by atomic mass is 15.3. The van der Waals surface area contributed by atoms with Gasteiger partial charge >= 0.3 is 0 Å². The zero-order valence-corrected chi connectivity index (χ0v) is 8.35. The summed E-state index contributed by atoms with van der Waals surface area (Å²) in [7, 11) is 0. The zero-order valence-electron chi connectivity index (χ0n) is 8.35. The largest absolute Gasteiger partial charge is 0.331 e. The monoisotopic (exact) mass is 198 g/mol. The molecule has 2 heterocycles. The molecule has 0 saturated carbocycles. The van der Waals surface area contributed by atoms with Crippen molar-refractivity contribution in [2.45, 2.75) is 12.8 Å². The van der Waals surface area contributed by atoms with Crippen LogP contribution >= 0.6 is 0 Å². The summed E-state index contributed by atoms with van der Waals surface area (Å²) in [6.45, 7) is 2.18. The van der Waals surface area contributed by atoms with Crippen molar-refractivity contribution in [3.05, 3.63) is 48.8 Å². The second-order valence-corrected chi connectivity index (χ2v) is 3.63. The van der Waals surface area contributed by atoms with Gasteiger partial charge in [0.25, 0.3) is 0 Å². The Morgan fingerprint density at radius 3 is 3.07 bits per heavy atom. The first kappa shape index (κ1) is 8.53. The van der Waals surface area contributed by atoms with E-state index in [4.69, 9.17) is 0 Å². The van der Waals surface area contributed by atoms with E-state index in [-0.39, 0.29) is 0 Å². The first-order chi connectivity index (χ1) is 7.45. The first-order valence-electron chi connectivity index (χ1n) is 5.15. The van der Waals surface area contributed by atoms with Crippen LogP contribution in [0.25, 0.3) is 0 Å². The molecule has 0 amide bonds. The predicted octanol–water partition coefficient (Wildman–Crippen LogP) is 2.66. The van der Waals surface area contributed by atoms with E-state index in [1.165, 1.54) is 11.3 Å². The van der Waals surface area contributed by atoms with Gasteiger partial charge in [0.15, 0.2) is 0 Å². The number of hydrogen-bond acceptors (Lipinski definition) is 2. The molecule has 3 heteroatoms. The van der Waals surface area contributed by atoms with E-state index in [1.54, 1.807) is 6.20 Å². The molecule has 1 aliphatic heterocycles. The van der Waals surface area contributed by atoms with Gasteiger partial charge in [-0.25, -0.2) is 4.98 Å². The maximum atomic E-state index is 4.28. The first-order valence-corrected chi connectivity index (χ1v) is 5.15. The van der Waals surface area contributed by atoms with Crippen molar-refractivity contribution in [3.63, 3.8) is 0 Å². The van der Waals surface area contributed by atoms with Crippen molar-refractivity contribution >= 4 is 11.6 Å². The minimum atomic E-state index is 0.891. The summed E-state index contributed by atoms with van der Waals surface area (Å²) in [4.78, 5) is 9.53. The molecule has 0 unspecified atom stereocenters. The van der Waals surface area contributed by atoms with Crippen LogP contribution in [0.1, 0.15) is 12.0 Å². The fourth-order valence-corrected chi connectivity index (χ4v) is 1.99. The lowest BCUT2D eigenvalue weighted by Crippen LogP contribution is -2.20. The summed E-state index contributed by atoms with van der Waals surface area (Å²) < 4.78 is 0. The van der Waals surface area contributed by atoms with Gasteiger partial charge in [-0.05, 0) is 24.5 Å². The van der Waals surface area contributed by atoms with Crippen molar-refractivity contribution < 1.29 is 0 Å². The number of nitrogens with zero attached hydrogens (tertiary/aromatic N) is 2. The summed E-state index contributed by atoms with van der Waals surface area (Å²) >= 11 is 0. The molecule has 0 fully saturated rings. The second-order valence-electron chi connectivity index (χ2n) is 3.63. The number of rotatable bonds is 1. The minimum absolute atomic E-state index is 0.891. The molecular formula is C12H12N3. The molecule has 0 bridgehead atoms. The quantitative estimate of drug-likeness (QED) is 0.764. The summed E-state index contributed by atoms with van der Waals surface area (Å²) in [5.41, 5.74) is 2.62. The van der Waals surface area contributed by atoms with Gasteiger partial charge in [-0.3, -0.25) is 0 Å². The van der Waals surface area contributed by atoms with Crippen molar-refractivity contribution in [2.24, 2.45) is 0 Å². The molecule has 3 nitrogen and oxygen atoms in total. The molecule has 0 spiro atoms. The van der Waals surface area contributed by atoms with Crippen molar-refractivity contribution in [1.82, 2.24) is 9.97 Å². The van der Waals surface area contributed by atoms with Gasteiger partial charge < -0.3 is 9.88 Å². The molecule has 2 aromatic rings. The Kier molecular flexibility index (Phi) is 1.95. The molecule has 15 heavy (non-hydrogen) atoms. The van der Waals surface area contributed by atoms with Crippen LogP contribution < -0.4 is 4.90 Å². The Morgan fingerprint density at radius 2 is 2.20 bits per heavy atom. The Hall–Kier alpha value is -1.77. The molecule has 0 aliphatic carbocycles. The highest BCUT2D eigenvalue weighted by Gasteiger charge is 2.19. The zero-order chi connectivity index (χ0) is 10.1. The maximum Gasteiger partial charge on any atom is 0.207 e. The van der Waals surface area contributed by atoms with Gasteiger partial charge in [-0.2, -0.15) is 0 Å². The second kappa shape index (κ2) is 3.42. The highest BCUT2D eigenvalue weighted by molar-refractivity contribution is 5.65. The van der Waals surface area contributed by atoms with Gasteiger partial charge in [0.05, 0.1) is 6.54 Å². The summed E-state index contributed by atoms with van der Waals surface area (Å²) in [6.07, 6.45) is 5.81. The lowest BCUT2D eigenvalue weighted by molar-refractivity contribution is 0.839. The predicted molar refractivity (Wildman–Crippen MR) is 59.8 cm³/mol. The van der Waals surface area contributed by atoms with E-state index < -0.39 is 0 Å². The Bertz CT molecular complexity index is 448. The fourth-order valence-electron chi connectivity index (χ4n) is 1.99. The number of anilines is 2. The summed E-state index contributed by atoms with van der Waals surface area (Å²) in [6, 6.07) is 8.46. The third-order valence-corrected chi connectivity index (χ3v) is 2.69. The number of benzene rings is 1. The van der Waals surface area contributed by atoms with Gasteiger partial charge in [0.2, 0.25) is 5.95 Å². The average molecular weight is 198 g/mol. The number of H-pyrrole nitrogens is 1. The van der Waals surface area contributed by atoms with Crippen LogP contribution in [0.2, 0.25) is 0 Å². The number of para-hydroxylation sites is 1. The summed E-state index contributed by atoms with van der Waals surface area (Å²) in [5, 5.41) is 0. The van der Waals surface area contributed by atoms with Crippen LogP contribution in [0.3, 0.4) is 0 Å². The normalized spacial score (nSPS) is 15.1. The molecule has 0 atom stereocenters. The van der Waals surface area contributed by atoms with Crippen LogP contribution in [0, 0.1) is 6.54 Å². The Morgan fingerprint density at radius 1 is 1.27 bits per heavy atom. The van der Waals surface area contributed by atoms with Crippen LogP contribution in [0.15, 0.2) is 36.7 Å². The number of hydrogen-bond donors (Lipinski definition) is 1. The molecule has 1 N–H and O–H groups in total. The molecule has 1 aliphatic rings. The average Bonchev–Trinajstić information content (AvgIpc) is 2.82. The van der Waals surface area contributed by atoms with Gasteiger partial charge in [0.1, 0.15) is 0 Å². The minimum Gasteiger partial charge on any atom is -0.331 e. The maximum absolute atomic E-state index is 4.28. The van der Waals surface area contributed by atoms with Crippen LogP contribution in [-0.2, 0) is 6.42 Å².